The molecule has 1 amide bonds. The van der Waals surface area contributed by atoms with Crippen molar-refractivity contribution in [1.82, 2.24) is 10.3 Å². The van der Waals surface area contributed by atoms with Gasteiger partial charge in [0.1, 0.15) is 11.8 Å². The number of hydrogen-bond donors (Lipinski definition) is 1. The number of nitrogens with one attached hydrogen (secondary N) is 1. The fourth-order valence-corrected chi connectivity index (χ4v) is 2.90. The third-order valence-electron chi connectivity index (χ3n) is 4.26. The minimum absolute atomic E-state index is 0.290. The summed E-state index contributed by atoms with van der Waals surface area (Å²) in [5.41, 5.74) is 2.03. The van der Waals surface area contributed by atoms with Gasteiger partial charge in [0.15, 0.2) is 0 Å². The molecule has 0 fully saturated rings. The number of hydrogen-bond acceptors (Lipinski definition) is 5. The Hall–Kier alpha value is -3.41. The van der Waals surface area contributed by atoms with Crippen LogP contribution < -0.4 is 10.1 Å². The van der Waals surface area contributed by atoms with Crippen LogP contribution in [0.25, 0.3) is 10.9 Å². The number of carbonyl (C=O) groups excluding carboxylic acids is 2. The number of fused-ring (bicyclic) bond motifs is 1. The van der Waals surface area contributed by atoms with E-state index in [1.165, 1.54) is 7.11 Å². The van der Waals surface area contributed by atoms with E-state index in [4.69, 9.17) is 9.47 Å². The first kappa shape index (κ1) is 18.4. The van der Waals surface area contributed by atoms with Crippen molar-refractivity contribution < 1.29 is 19.1 Å². The molecular weight excluding hydrogens is 344 g/mol. The van der Waals surface area contributed by atoms with Crippen LogP contribution in [0.2, 0.25) is 0 Å². The molecule has 6 nitrogen and oxygen atoms in total. The lowest BCUT2D eigenvalue weighted by Gasteiger charge is -2.17. The van der Waals surface area contributed by atoms with Crippen molar-refractivity contribution in [2.75, 3.05) is 14.2 Å². The number of pyridine rings is 1. The lowest BCUT2D eigenvalue weighted by atomic mass is 10.0. The molecule has 0 saturated carbocycles. The molecule has 138 valence electrons. The molecule has 3 aromatic rings. The number of carbonyl (C=O) groups is 2. The van der Waals surface area contributed by atoms with Gasteiger partial charge in [-0.05, 0) is 29.8 Å². The van der Waals surface area contributed by atoms with Crippen molar-refractivity contribution in [1.29, 1.82) is 0 Å². The van der Waals surface area contributed by atoms with Crippen LogP contribution >= 0.6 is 0 Å². The number of ether oxygens (including phenoxy) is 2. The molecule has 0 radical (unpaired) electrons. The second kappa shape index (κ2) is 8.31. The van der Waals surface area contributed by atoms with E-state index in [0.29, 0.717) is 23.3 Å². The average molecular weight is 364 g/mol. The second-order valence-electron chi connectivity index (χ2n) is 5.98. The minimum Gasteiger partial charge on any atom is -0.497 e. The molecule has 0 aliphatic heterocycles. The molecule has 0 aliphatic carbocycles. The van der Waals surface area contributed by atoms with Gasteiger partial charge in [0, 0.05) is 18.0 Å². The lowest BCUT2D eigenvalue weighted by molar-refractivity contribution is -0.142. The zero-order valence-electron chi connectivity index (χ0n) is 15.1. The second-order valence-corrected chi connectivity index (χ2v) is 5.98. The van der Waals surface area contributed by atoms with Crippen molar-refractivity contribution in [2.45, 2.75) is 12.5 Å². The summed E-state index contributed by atoms with van der Waals surface area (Å²) in [6.45, 7) is 0. The van der Waals surface area contributed by atoms with Crippen LogP contribution in [-0.4, -0.2) is 37.1 Å². The van der Waals surface area contributed by atoms with Gasteiger partial charge in [0.2, 0.25) is 0 Å². The number of methoxy groups -OCH3 is 2. The quantitative estimate of drug-likeness (QED) is 0.681. The molecule has 0 unspecified atom stereocenters. The van der Waals surface area contributed by atoms with Crippen molar-refractivity contribution in [3.05, 3.63) is 71.9 Å². The van der Waals surface area contributed by atoms with Gasteiger partial charge in [0.05, 0.1) is 25.3 Å². The zero-order valence-corrected chi connectivity index (χ0v) is 15.1. The first-order valence-corrected chi connectivity index (χ1v) is 8.47. The van der Waals surface area contributed by atoms with Crippen LogP contribution in [0.5, 0.6) is 5.75 Å². The van der Waals surface area contributed by atoms with E-state index in [9.17, 15) is 9.59 Å². The Balaban J connectivity index is 1.85. The van der Waals surface area contributed by atoms with Gasteiger partial charge in [-0.25, -0.2) is 4.79 Å². The molecule has 6 heteroatoms. The van der Waals surface area contributed by atoms with E-state index >= 15 is 0 Å². The molecule has 1 N–H and O–H groups in total. The third kappa shape index (κ3) is 4.23. The lowest BCUT2D eigenvalue weighted by Crippen LogP contribution is -2.43. The third-order valence-corrected chi connectivity index (χ3v) is 4.26. The number of nitrogens with zero attached hydrogens (tertiary/aromatic N) is 1. The average Bonchev–Trinajstić information content (AvgIpc) is 2.72. The van der Waals surface area contributed by atoms with Gasteiger partial charge in [0.25, 0.3) is 5.91 Å². The largest absolute Gasteiger partial charge is 0.497 e. The molecule has 0 aliphatic rings. The smallest absolute Gasteiger partial charge is 0.328 e. The maximum absolute atomic E-state index is 12.8. The number of aromatic nitrogens is 1. The minimum atomic E-state index is -0.818. The molecule has 1 aromatic heterocycles. The topological polar surface area (TPSA) is 77.5 Å². The fourth-order valence-electron chi connectivity index (χ4n) is 2.90. The van der Waals surface area contributed by atoms with Gasteiger partial charge < -0.3 is 14.8 Å². The highest BCUT2D eigenvalue weighted by atomic mass is 16.5. The van der Waals surface area contributed by atoms with Gasteiger partial charge in [-0.2, -0.15) is 0 Å². The summed E-state index contributed by atoms with van der Waals surface area (Å²) < 4.78 is 10.1. The van der Waals surface area contributed by atoms with Crippen molar-refractivity contribution >= 4 is 22.8 Å². The molecule has 0 saturated heterocycles. The Morgan fingerprint density at radius 3 is 2.67 bits per heavy atom. The predicted molar refractivity (Wildman–Crippen MR) is 102 cm³/mol. The number of amides is 1. The maximum atomic E-state index is 12.8. The molecule has 0 spiro atoms. The molecule has 2 aromatic carbocycles. The first-order chi connectivity index (χ1) is 13.1. The highest BCUT2D eigenvalue weighted by molar-refractivity contribution is 6.07. The van der Waals surface area contributed by atoms with Crippen LogP contribution in [-0.2, 0) is 16.0 Å². The van der Waals surface area contributed by atoms with E-state index in [1.807, 2.05) is 48.5 Å². The highest BCUT2D eigenvalue weighted by Gasteiger charge is 2.23. The first-order valence-electron chi connectivity index (χ1n) is 8.47. The van der Waals surface area contributed by atoms with E-state index in [1.54, 1.807) is 19.4 Å². The predicted octanol–water partition coefficient (Wildman–Crippen LogP) is 2.76. The highest BCUT2D eigenvalue weighted by Crippen LogP contribution is 2.18. The normalized spacial score (nSPS) is 11.6. The Bertz CT molecular complexity index is 966. The van der Waals surface area contributed by atoms with Crippen LogP contribution in [0.4, 0.5) is 0 Å². The number of rotatable bonds is 6. The summed E-state index contributed by atoms with van der Waals surface area (Å²) in [5.74, 6) is -0.181. The van der Waals surface area contributed by atoms with E-state index in [0.717, 1.165) is 10.9 Å². The Morgan fingerprint density at radius 1 is 1.07 bits per heavy atom. The Kier molecular flexibility index (Phi) is 5.66. The number of esters is 1. The van der Waals surface area contributed by atoms with Crippen molar-refractivity contribution in [2.24, 2.45) is 0 Å². The fraction of sp³-hybridized carbons (Fsp3) is 0.190. The SMILES string of the molecule is COC(=O)[C@@H](Cc1cccc(OC)c1)NC(=O)c1ccnc2ccccc12. The summed E-state index contributed by atoms with van der Waals surface area (Å²) in [7, 11) is 2.88. The number of benzene rings is 2. The van der Waals surface area contributed by atoms with Crippen LogP contribution in [0.3, 0.4) is 0 Å². The molecular formula is C21H20N2O4. The standard InChI is InChI=1S/C21H20N2O4/c1-26-15-7-5-6-14(12-15)13-19(21(25)27-2)23-20(24)17-10-11-22-18-9-4-3-8-16(17)18/h3-12,19H,13H2,1-2H3,(H,23,24)/t19-/m1/s1. The summed E-state index contributed by atoms with van der Waals surface area (Å²) in [6.07, 6.45) is 1.87. The molecule has 1 heterocycles. The summed E-state index contributed by atoms with van der Waals surface area (Å²) >= 11 is 0. The van der Waals surface area contributed by atoms with E-state index < -0.39 is 12.0 Å². The summed E-state index contributed by atoms with van der Waals surface area (Å²) in [4.78, 5) is 29.3. The maximum Gasteiger partial charge on any atom is 0.328 e. The van der Waals surface area contributed by atoms with Crippen molar-refractivity contribution in [3.8, 4) is 5.75 Å². The Morgan fingerprint density at radius 2 is 1.89 bits per heavy atom. The summed E-state index contributed by atoms with van der Waals surface area (Å²) in [5, 5.41) is 3.50. The molecule has 3 rings (SSSR count). The van der Waals surface area contributed by atoms with E-state index in [2.05, 4.69) is 10.3 Å². The number of para-hydroxylation sites is 1. The molecule has 1 atom stereocenters. The molecule has 0 bridgehead atoms. The molecule has 27 heavy (non-hydrogen) atoms. The van der Waals surface area contributed by atoms with Gasteiger partial charge >= 0.3 is 5.97 Å². The van der Waals surface area contributed by atoms with Crippen LogP contribution in [0.1, 0.15) is 15.9 Å². The van der Waals surface area contributed by atoms with Gasteiger partial charge in [-0.1, -0.05) is 30.3 Å². The zero-order chi connectivity index (χ0) is 19.2. The Labute approximate surface area is 157 Å². The van der Waals surface area contributed by atoms with Gasteiger partial charge in [-0.3, -0.25) is 9.78 Å². The van der Waals surface area contributed by atoms with Crippen molar-refractivity contribution in [3.63, 3.8) is 0 Å². The van der Waals surface area contributed by atoms with Gasteiger partial charge in [-0.15, -0.1) is 0 Å². The summed E-state index contributed by atoms with van der Waals surface area (Å²) in [6, 6.07) is 15.5. The monoisotopic (exact) mass is 364 g/mol. The van der Waals surface area contributed by atoms with Crippen LogP contribution in [0, 0.1) is 0 Å². The van der Waals surface area contributed by atoms with E-state index in [-0.39, 0.29) is 5.91 Å². The van der Waals surface area contributed by atoms with Crippen LogP contribution in [0.15, 0.2) is 60.8 Å².